The summed E-state index contributed by atoms with van der Waals surface area (Å²) in [5.74, 6) is 0. The molecular formula is C13H19BrClN3O2S. The first-order valence-electron chi connectivity index (χ1n) is 6.64. The van der Waals surface area contributed by atoms with Crippen LogP contribution in [0.2, 0.25) is 5.02 Å². The average Bonchev–Trinajstić information content (AvgIpc) is 2.79. The maximum atomic E-state index is 12.7. The molecule has 0 bridgehead atoms. The van der Waals surface area contributed by atoms with E-state index in [1.54, 1.807) is 7.05 Å². The van der Waals surface area contributed by atoms with Gasteiger partial charge in [0.05, 0.1) is 9.37 Å². The van der Waals surface area contributed by atoms with Gasteiger partial charge in [-0.2, -0.15) is 4.31 Å². The van der Waals surface area contributed by atoms with Crippen LogP contribution in [0, 0.1) is 0 Å². The largest absolute Gasteiger partial charge is 0.398 e. The van der Waals surface area contributed by atoms with Crippen molar-refractivity contribution in [3.8, 4) is 0 Å². The molecular weight excluding hydrogens is 378 g/mol. The monoisotopic (exact) mass is 395 g/mol. The summed E-state index contributed by atoms with van der Waals surface area (Å²) in [6, 6.07) is 3.20. The minimum atomic E-state index is -3.63. The number of likely N-dealkylation sites (tertiary alicyclic amines) is 1. The summed E-state index contributed by atoms with van der Waals surface area (Å²) >= 11 is 9.18. The van der Waals surface area contributed by atoms with Gasteiger partial charge in [-0.1, -0.05) is 11.6 Å². The van der Waals surface area contributed by atoms with Gasteiger partial charge in [0.1, 0.15) is 0 Å². The molecule has 1 atom stereocenters. The number of rotatable bonds is 4. The van der Waals surface area contributed by atoms with Crippen LogP contribution in [0.5, 0.6) is 0 Å². The summed E-state index contributed by atoms with van der Waals surface area (Å²) in [6.07, 6.45) is 2.11. The van der Waals surface area contributed by atoms with Gasteiger partial charge in [0, 0.05) is 30.3 Å². The van der Waals surface area contributed by atoms with Crippen LogP contribution in [0.4, 0.5) is 5.69 Å². The van der Waals surface area contributed by atoms with Crippen LogP contribution in [0.25, 0.3) is 0 Å². The maximum absolute atomic E-state index is 12.7. The second kappa shape index (κ2) is 6.42. The highest BCUT2D eigenvalue weighted by atomic mass is 79.9. The quantitative estimate of drug-likeness (QED) is 0.794. The van der Waals surface area contributed by atoms with E-state index in [-0.39, 0.29) is 10.9 Å². The molecule has 21 heavy (non-hydrogen) atoms. The molecule has 0 saturated carbocycles. The fourth-order valence-electron chi connectivity index (χ4n) is 2.54. The molecule has 1 aromatic rings. The van der Waals surface area contributed by atoms with Crippen molar-refractivity contribution < 1.29 is 8.42 Å². The van der Waals surface area contributed by atoms with E-state index >= 15 is 0 Å². The number of halogens is 2. The Balaban J connectivity index is 2.29. The Morgan fingerprint density at radius 1 is 1.52 bits per heavy atom. The van der Waals surface area contributed by atoms with Gasteiger partial charge in [-0.3, -0.25) is 0 Å². The number of nitrogen functional groups attached to an aromatic ring is 1. The third kappa shape index (κ3) is 3.53. The molecule has 1 aliphatic heterocycles. The predicted octanol–water partition coefficient (Wildman–Crippen LogP) is 2.40. The molecule has 118 valence electrons. The lowest BCUT2D eigenvalue weighted by Crippen LogP contribution is -2.39. The second-order valence-corrected chi connectivity index (χ2v) is 8.61. The van der Waals surface area contributed by atoms with E-state index in [2.05, 4.69) is 20.8 Å². The van der Waals surface area contributed by atoms with E-state index < -0.39 is 10.0 Å². The number of benzene rings is 1. The van der Waals surface area contributed by atoms with Crippen molar-refractivity contribution in [2.75, 3.05) is 32.9 Å². The van der Waals surface area contributed by atoms with Gasteiger partial charge in [-0.05, 0) is 54.5 Å². The molecule has 2 N–H and O–H groups in total. The molecule has 0 aliphatic carbocycles. The Morgan fingerprint density at radius 3 is 2.76 bits per heavy atom. The number of hydrogen-bond donors (Lipinski definition) is 1. The summed E-state index contributed by atoms with van der Waals surface area (Å²) in [5.41, 5.74) is 6.09. The van der Waals surface area contributed by atoms with E-state index in [1.807, 2.05) is 7.05 Å². The first-order chi connectivity index (χ1) is 9.73. The molecule has 1 saturated heterocycles. The average molecular weight is 397 g/mol. The molecule has 1 aliphatic rings. The fourth-order valence-corrected chi connectivity index (χ4v) is 5.00. The van der Waals surface area contributed by atoms with E-state index in [4.69, 9.17) is 17.3 Å². The maximum Gasteiger partial charge on any atom is 0.244 e. The van der Waals surface area contributed by atoms with Gasteiger partial charge in [0.25, 0.3) is 0 Å². The predicted molar refractivity (Wildman–Crippen MR) is 89.0 cm³/mol. The molecule has 1 fully saturated rings. The van der Waals surface area contributed by atoms with Crippen LogP contribution in [-0.2, 0) is 10.0 Å². The Bertz CT molecular complexity index is 639. The van der Waals surface area contributed by atoms with Gasteiger partial charge in [0.15, 0.2) is 0 Å². The molecule has 0 radical (unpaired) electrons. The number of likely N-dealkylation sites (N-methyl/N-ethyl adjacent to an activating group) is 2. The van der Waals surface area contributed by atoms with Crippen molar-refractivity contribution in [3.63, 3.8) is 0 Å². The number of hydrogen-bond acceptors (Lipinski definition) is 4. The zero-order valence-electron chi connectivity index (χ0n) is 12.0. The summed E-state index contributed by atoms with van der Waals surface area (Å²) in [7, 11) is -0.0226. The lowest BCUT2D eigenvalue weighted by Gasteiger charge is -2.26. The lowest BCUT2D eigenvalue weighted by molar-refractivity contribution is 0.271. The Labute approximate surface area is 139 Å². The van der Waals surface area contributed by atoms with Gasteiger partial charge >= 0.3 is 0 Å². The number of nitrogens with two attached hydrogens (primary N) is 1. The van der Waals surface area contributed by atoms with Gasteiger partial charge in [0.2, 0.25) is 10.0 Å². The van der Waals surface area contributed by atoms with E-state index in [9.17, 15) is 8.42 Å². The smallest absolute Gasteiger partial charge is 0.244 e. The fraction of sp³-hybridized carbons (Fsp3) is 0.538. The van der Waals surface area contributed by atoms with Crippen molar-refractivity contribution in [3.05, 3.63) is 21.6 Å². The zero-order chi connectivity index (χ0) is 15.8. The Kier molecular flexibility index (Phi) is 5.20. The minimum Gasteiger partial charge on any atom is -0.398 e. The second-order valence-electron chi connectivity index (χ2n) is 5.37. The van der Waals surface area contributed by atoms with Crippen molar-refractivity contribution in [2.45, 2.75) is 23.8 Å². The van der Waals surface area contributed by atoms with E-state index in [1.165, 1.54) is 16.4 Å². The topological polar surface area (TPSA) is 66.6 Å². The third-order valence-electron chi connectivity index (χ3n) is 3.86. The molecule has 2 rings (SSSR count). The Morgan fingerprint density at radius 2 is 2.19 bits per heavy atom. The molecule has 1 aromatic carbocycles. The summed E-state index contributed by atoms with van der Waals surface area (Å²) in [4.78, 5) is 2.29. The van der Waals surface area contributed by atoms with Crippen molar-refractivity contribution in [1.82, 2.24) is 9.21 Å². The summed E-state index contributed by atoms with van der Waals surface area (Å²) in [6.45, 7) is 1.46. The highest BCUT2D eigenvalue weighted by Gasteiger charge is 2.30. The first kappa shape index (κ1) is 17.0. The highest BCUT2D eigenvalue weighted by Crippen LogP contribution is 2.33. The van der Waals surface area contributed by atoms with Gasteiger partial charge in [-0.15, -0.1) is 0 Å². The number of sulfonamides is 1. The summed E-state index contributed by atoms with van der Waals surface area (Å²) in [5, 5.41) is 0.306. The highest BCUT2D eigenvalue weighted by molar-refractivity contribution is 9.10. The van der Waals surface area contributed by atoms with Gasteiger partial charge < -0.3 is 10.6 Å². The van der Waals surface area contributed by atoms with Crippen LogP contribution in [0.3, 0.4) is 0 Å². The van der Waals surface area contributed by atoms with Crippen LogP contribution in [0.15, 0.2) is 21.5 Å². The molecule has 8 heteroatoms. The number of nitrogens with zero attached hydrogens (tertiary/aromatic N) is 2. The van der Waals surface area contributed by atoms with Crippen LogP contribution >= 0.6 is 27.5 Å². The Hall–Kier alpha value is -0.340. The SMILES string of the molecule is CN1CCCC1CN(C)S(=O)(=O)c1cc(Cl)cc(N)c1Br. The van der Waals surface area contributed by atoms with Crippen molar-refractivity contribution in [2.24, 2.45) is 0 Å². The summed E-state index contributed by atoms with van der Waals surface area (Å²) < 4.78 is 27.2. The minimum absolute atomic E-state index is 0.107. The third-order valence-corrected chi connectivity index (χ3v) is 7.07. The zero-order valence-corrected chi connectivity index (χ0v) is 15.2. The molecule has 5 nitrogen and oxygen atoms in total. The normalized spacial score (nSPS) is 20.3. The standard InChI is InChI=1S/C13H19BrClN3O2S/c1-17-5-3-4-10(17)8-18(2)21(19,20)12-7-9(15)6-11(16)13(12)14/h6-7,10H,3-5,8,16H2,1-2H3. The van der Waals surface area contributed by atoms with Crippen molar-refractivity contribution >= 4 is 43.2 Å². The van der Waals surface area contributed by atoms with E-state index in [0.29, 0.717) is 21.7 Å². The molecule has 0 spiro atoms. The molecule has 0 amide bonds. The number of anilines is 1. The van der Waals surface area contributed by atoms with Crippen LogP contribution in [-0.4, -0.2) is 50.8 Å². The van der Waals surface area contributed by atoms with Crippen LogP contribution < -0.4 is 5.73 Å². The molecule has 0 aromatic heterocycles. The lowest BCUT2D eigenvalue weighted by atomic mass is 10.2. The molecule has 1 unspecified atom stereocenters. The van der Waals surface area contributed by atoms with Gasteiger partial charge in [-0.25, -0.2) is 8.42 Å². The first-order valence-corrected chi connectivity index (χ1v) is 9.25. The molecule has 1 heterocycles. The van der Waals surface area contributed by atoms with Crippen LogP contribution in [0.1, 0.15) is 12.8 Å². The van der Waals surface area contributed by atoms with E-state index in [0.717, 1.165) is 19.4 Å². The van der Waals surface area contributed by atoms with Crippen molar-refractivity contribution in [1.29, 1.82) is 0 Å².